The van der Waals surface area contributed by atoms with Crippen molar-refractivity contribution in [1.82, 2.24) is 0 Å². The van der Waals surface area contributed by atoms with Gasteiger partial charge in [-0.3, -0.25) is 0 Å². The zero-order valence-electron chi connectivity index (χ0n) is 11.9. The van der Waals surface area contributed by atoms with Crippen LogP contribution in [0, 0.1) is 0 Å². The Kier molecular flexibility index (Phi) is 21.9. The van der Waals surface area contributed by atoms with Crippen molar-refractivity contribution in [2.45, 2.75) is 0 Å². The molecule has 0 bridgehead atoms. The second kappa shape index (κ2) is 17.6. The van der Waals surface area contributed by atoms with Crippen molar-refractivity contribution in [2.24, 2.45) is 0 Å². The van der Waals surface area contributed by atoms with Crippen LogP contribution in [0.2, 0.25) is 0 Å². The summed E-state index contributed by atoms with van der Waals surface area (Å²) in [4.78, 5) is 45.3. The van der Waals surface area contributed by atoms with Crippen molar-refractivity contribution in [1.29, 1.82) is 0 Å². The van der Waals surface area contributed by atoms with E-state index in [2.05, 4.69) is 55.5 Å². The Hall–Kier alpha value is 1.46. The van der Waals surface area contributed by atoms with Crippen molar-refractivity contribution >= 4 is 98.5 Å². The van der Waals surface area contributed by atoms with Gasteiger partial charge in [0, 0.05) is 8.95 Å². The standard InChI is InChI=1S/2C6H5Br.Na.2H3O3PS.H/c2*7-6-4-2-1-3-5-6;;2*1-4(2,3)5;/h2*1-5H;;2*(H3,1,2,3,5);. The van der Waals surface area contributed by atoms with Gasteiger partial charge in [-0.2, -0.15) is 0 Å². The number of hydrogen-bond acceptors (Lipinski definition) is 2. The Bertz CT molecular complexity index is 569. The molecule has 2 aromatic carbocycles. The van der Waals surface area contributed by atoms with Gasteiger partial charge in [-0.25, -0.2) is 0 Å². The maximum atomic E-state index is 7.56. The molecule has 0 atom stereocenters. The summed E-state index contributed by atoms with van der Waals surface area (Å²) in [7, 11) is 0. The normalized spacial score (nSPS) is 9.60. The van der Waals surface area contributed by atoms with E-state index in [1.165, 1.54) is 0 Å². The average Bonchev–Trinajstić information content (AvgIpc) is 2.37. The average molecular weight is 566 g/mol. The summed E-state index contributed by atoms with van der Waals surface area (Å²) in [6.45, 7) is -7.61. The van der Waals surface area contributed by atoms with Crippen LogP contribution < -0.4 is 0 Å². The van der Waals surface area contributed by atoms with Crippen molar-refractivity contribution < 1.29 is 29.4 Å². The summed E-state index contributed by atoms with van der Waals surface area (Å²) in [5, 5.41) is 0. The summed E-state index contributed by atoms with van der Waals surface area (Å²) < 4.78 is 2.27. The summed E-state index contributed by atoms with van der Waals surface area (Å²) in [6, 6.07) is 19.9. The first-order valence-corrected chi connectivity index (χ1v) is 12.7. The van der Waals surface area contributed by atoms with E-state index < -0.39 is 13.4 Å². The fraction of sp³-hybridized carbons (Fsp3) is 0. The molecule has 0 aromatic heterocycles. The summed E-state index contributed by atoms with van der Waals surface area (Å²) in [6.07, 6.45) is 0. The van der Waals surface area contributed by atoms with Crippen molar-refractivity contribution in [2.75, 3.05) is 0 Å². The fourth-order valence-electron chi connectivity index (χ4n) is 0.829. The van der Waals surface area contributed by atoms with E-state index >= 15 is 0 Å². The SMILES string of the molecule is Brc1ccccc1.Brc1ccccc1.OP(O)(O)=S.OP(O)(O)=S.[NaH]. The molecule has 0 aliphatic carbocycles. The molecule has 0 spiro atoms. The third-order valence-electron chi connectivity index (χ3n) is 1.47. The monoisotopic (exact) mass is 564 g/mol. The molecule has 0 amide bonds. The zero-order valence-corrected chi connectivity index (χ0v) is 18.5. The van der Waals surface area contributed by atoms with Gasteiger partial charge in [0.15, 0.2) is 0 Å². The van der Waals surface area contributed by atoms with Crippen LogP contribution in [-0.2, 0) is 23.6 Å². The van der Waals surface area contributed by atoms with E-state index in [-0.39, 0.29) is 29.6 Å². The number of benzene rings is 2. The first kappa shape index (κ1) is 31.2. The van der Waals surface area contributed by atoms with Gasteiger partial charge in [-0.05, 0) is 47.9 Å². The molecule has 0 heterocycles. The molecule has 6 N–H and O–H groups in total. The molecular formula is C12H17Br2NaO6P2S2. The number of rotatable bonds is 0. The molecule has 0 aliphatic heterocycles. The van der Waals surface area contributed by atoms with E-state index in [4.69, 9.17) is 29.4 Å². The summed E-state index contributed by atoms with van der Waals surface area (Å²) in [5.41, 5.74) is 0. The third kappa shape index (κ3) is 46.0. The molecule has 0 saturated heterocycles. The van der Waals surface area contributed by atoms with Crippen molar-refractivity contribution in [3.8, 4) is 0 Å². The maximum absolute atomic E-state index is 7.56. The van der Waals surface area contributed by atoms with E-state index in [1.54, 1.807) is 0 Å². The van der Waals surface area contributed by atoms with E-state index in [0.717, 1.165) is 8.95 Å². The molecule has 138 valence electrons. The van der Waals surface area contributed by atoms with Gasteiger partial charge in [0.1, 0.15) is 0 Å². The Balaban J connectivity index is -0.000000259. The Morgan fingerprint density at radius 2 is 0.720 bits per heavy atom. The van der Waals surface area contributed by atoms with E-state index in [1.807, 2.05) is 60.7 Å². The molecule has 2 rings (SSSR count). The predicted molar refractivity (Wildman–Crippen MR) is 117 cm³/mol. The van der Waals surface area contributed by atoms with Crippen LogP contribution in [0.1, 0.15) is 0 Å². The molecular weight excluding hydrogens is 549 g/mol. The molecule has 0 unspecified atom stereocenters. The van der Waals surface area contributed by atoms with Gasteiger partial charge in [-0.15, -0.1) is 0 Å². The number of halogens is 2. The second-order valence-electron chi connectivity index (χ2n) is 3.62. The van der Waals surface area contributed by atoms with Gasteiger partial charge in [-0.1, -0.05) is 68.3 Å². The van der Waals surface area contributed by atoms with Gasteiger partial charge >= 0.3 is 43.0 Å². The Morgan fingerprint density at radius 3 is 0.800 bits per heavy atom. The van der Waals surface area contributed by atoms with Gasteiger partial charge in [0.25, 0.3) is 0 Å². The van der Waals surface area contributed by atoms with Gasteiger partial charge in [0.05, 0.1) is 0 Å². The molecule has 6 nitrogen and oxygen atoms in total. The van der Waals surface area contributed by atoms with Gasteiger partial charge < -0.3 is 29.4 Å². The van der Waals surface area contributed by atoms with Crippen LogP contribution in [-0.4, -0.2) is 58.9 Å². The van der Waals surface area contributed by atoms with Gasteiger partial charge in [0.2, 0.25) is 0 Å². The van der Waals surface area contributed by atoms with Crippen LogP contribution >= 0.6 is 45.3 Å². The predicted octanol–water partition coefficient (Wildman–Crippen LogP) is 2.63. The Morgan fingerprint density at radius 1 is 0.560 bits per heavy atom. The molecule has 2 aromatic rings. The Labute approximate surface area is 195 Å². The van der Waals surface area contributed by atoms with Crippen LogP contribution in [0.15, 0.2) is 69.6 Å². The van der Waals surface area contributed by atoms with Crippen molar-refractivity contribution in [3.05, 3.63) is 69.6 Å². The summed E-state index contributed by atoms with van der Waals surface area (Å²) in [5.74, 6) is 0. The minimum atomic E-state index is -3.81. The second-order valence-corrected chi connectivity index (χ2v) is 10.4. The van der Waals surface area contributed by atoms with E-state index in [9.17, 15) is 0 Å². The fourth-order valence-corrected chi connectivity index (χ4v) is 1.44. The van der Waals surface area contributed by atoms with Crippen molar-refractivity contribution in [3.63, 3.8) is 0 Å². The quantitative estimate of drug-likeness (QED) is 0.213. The molecule has 0 radical (unpaired) electrons. The zero-order chi connectivity index (χ0) is 19.2. The molecule has 0 saturated carbocycles. The molecule has 0 fully saturated rings. The number of hydrogen-bond donors (Lipinski definition) is 6. The first-order chi connectivity index (χ1) is 10.8. The molecule has 0 aliphatic rings. The van der Waals surface area contributed by atoms with Crippen LogP contribution in [0.4, 0.5) is 0 Å². The minimum absolute atomic E-state index is 0. The third-order valence-corrected chi connectivity index (χ3v) is 2.52. The molecule has 13 heteroatoms. The first-order valence-electron chi connectivity index (χ1n) is 5.76. The topological polar surface area (TPSA) is 121 Å². The van der Waals surface area contributed by atoms with E-state index in [0.29, 0.717) is 0 Å². The van der Waals surface area contributed by atoms with Crippen LogP contribution in [0.3, 0.4) is 0 Å². The molecule has 25 heavy (non-hydrogen) atoms. The summed E-state index contributed by atoms with van der Waals surface area (Å²) >= 11 is 13.8. The van der Waals surface area contributed by atoms with Crippen LogP contribution in [0.25, 0.3) is 0 Å². The van der Waals surface area contributed by atoms with Crippen LogP contribution in [0.5, 0.6) is 0 Å².